The lowest BCUT2D eigenvalue weighted by molar-refractivity contribution is -0.623. The second kappa shape index (κ2) is 2.69. The molecule has 0 spiro atoms. The number of nitrogens with zero attached hydrogens (tertiary/aromatic N) is 1. The number of likely N-dealkylation sites (N-methyl/N-ethyl adjacent to an activating group) is 1. The van der Waals surface area contributed by atoms with Gasteiger partial charge in [0, 0.05) is 0 Å². The van der Waals surface area contributed by atoms with Crippen LogP contribution < -0.4 is 5.10 Å². The topological polar surface area (TPSA) is 26.4 Å². The fraction of sp³-hybridized carbons (Fsp3) is 0.800. The van der Waals surface area contributed by atoms with Crippen molar-refractivity contribution in [3.05, 3.63) is 0 Å². The van der Waals surface area contributed by atoms with Gasteiger partial charge in [-0.3, -0.25) is 4.74 Å². The lowest BCUT2D eigenvalue weighted by atomic mass is 10.4. The van der Waals surface area contributed by atoms with Gasteiger partial charge in [0.05, 0.1) is 7.05 Å². The van der Waals surface area contributed by atoms with Gasteiger partial charge in [-0.15, -0.1) is 18.3 Å². The van der Waals surface area contributed by atoms with E-state index in [4.69, 9.17) is 0 Å². The highest BCUT2D eigenvalue weighted by molar-refractivity contribution is 5.57. The molecule has 11 heavy (non-hydrogen) atoms. The molecule has 1 unspecified atom stereocenters. The number of halogens is 3. The molecule has 0 saturated heterocycles. The predicted octanol–water partition coefficient (Wildman–Crippen LogP) is -1.10. The molecule has 0 fully saturated rings. The van der Waals surface area contributed by atoms with Gasteiger partial charge in [0.2, 0.25) is 0 Å². The molecule has 0 aromatic heterocycles. The Hall–Kier alpha value is -0.780. The quantitative estimate of drug-likeness (QED) is 0.539. The van der Waals surface area contributed by atoms with Crippen LogP contribution in [0.4, 0.5) is 13.2 Å². The maximum absolute atomic E-state index is 11.5. The number of hydrazone groups is 1. The zero-order valence-electron chi connectivity index (χ0n) is 5.85. The van der Waals surface area contributed by atoms with E-state index in [1.165, 1.54) is 11.2 Å². The lowest BCUT2D eigenvalue weighted by Gasteiger charge is -2.09. The first-order chi connectivity index (χ1) is 4.97. The van der Waals surface area contributed by atoms with Crippen molar-refractivity contribution in [1.82, 2.24) is 5.01 Å². The Bertz CT molecular complexity index is 168. The normalized spacial score (nSPS) is 24.7. The van der Waals surface area contributed by atoms with E-state index in [0.29, 0.717) is 0 Å². The van der Waals surface area contributed by atoms with E-state index in [-0.39, 0.29) is 6.54 Å². The van der Waals surface area contributed by atoms with Crippen molar-refractivity contribution in [3.63, 3.8) is 0 Å². The molecule has 1 N–H and O–H groups in total. The van der Waals surface area contributed by atoms with Gasteiger partial charge in [0.25, 0.3) is 0 Å². The molecule has 0 aliphatic carbocycles. The van der Waals surface area contributed by atoms with Gasteiger partial charge in [0.1, 0.15) is 6.54 Å². The Balaban J connectivity index is 2.36. The summed E-state index contributed by atoms with van der Waals surface area (Å²) in [4.78, 5) is 0. The van der Waals surface area contributed by atoms with Crippen molar-refractivity contribution in [2.24, 2.45) is 0 Å². The van der Waals surface area contributed by atoms with Crippen molar-refractivity contribution in [1.29, 1.82) is 0 Å². The van der Waals surface area contributed by atoms with Gasteiger partial charge in [-0.2, -0.15) is 5.01 Å². The van der Waals surface area contributed by atoms with E-state index in [0.717, 1.165) is 0 Å². The zero-order valence-corrected chi connectivity index (χ0v) is 5.85. The van der Waals surface area contributed by atoms with E-state index in [2.05, 4.69) is 9.84 Å². The molecule has 0 saturated carbocycles. The molecular formula is C5H8F3N2O+. The first-order valence-corrected chi connectivity index (χ1v) is 3.02. The highest BCUT2D eigenvalue weighted by atomic mass is 19.4. The first-order valence-electron chi connectivity index (χ1n) is 3.02. The minimum absolute atomic E-state index is 0.208. The van der Waals surface area contributed by atoms with Gasteiger partial charge in [-0.1, -0.05) is 0 Å². The van der Waals surface area contributed by atoms with Crippen LogP contribution in [0.1, 0.15) is 0 Å². The number of nitrogens with one attached hydrogen (secondary N) is 1. The van der Waals surface area contributed by atoms with Crippen LogP contribution in [0.3, 0.4) is 0 Å². The molecule has 1 heterocycles. The summed E-state index contributed by atoms with van der Waals surface area (Å²) in [5, 5.41) is 4.09. The molecule has 3 nitrogen and oxygen atoms in total. The number of hydrogen-bond donors (Lipinski definition) is 1. The van der Waals surface area contributed by atoms with Crippen LogP contribution >= 0.6 is 0 Å². The minimum Gasteiger partial charge on any atom is -0.276 e. The maximum Gasteiger partial charge on any atom is 0.523 e. The summed E-state index contributed by atoms with van der Waals surface area (Å²) in [6, 6.07) is 0. The molecule has 0 amide bonds. The van der Waals surface area contributed by atoms with Crippen LogP contribution in [0.5, 0.6) is 0 Å². The smallest absolute Gasteiger partial charge is 0.276 e. The summed E-state index contributed by atoms with van der Waals surface area (Å²) in [5.41, 5.74) is 0. The molecule has 0 aromatic rings. The Morgan fingerprint density at radius 1 is 1.64 bits per heavy atom. The monoisotopic (exact) mass is 169 g/mol. The van der Waals surface area contributed by atoms with Crippen molar-refractivity contribution in [2.75, 3.05) is 13.6 Å². The molecule has 0 radical (unpaired) electrons. The Kier molecular flexibility index (Phi) is 2.03. The van der Waals surface area contributed by atoms with Gasteiger partial charge < -0.3 is 0 Å². The van der Waals surface area contributed by atoms with Crippen molar-refractivity contribution in [3.8, 4) is 0 Å². The predicted molar refractivity (Wildman–Crippen MR) is 30.6 cm³/mol. The number of hydrogen-bond acceptors (Lipinski definition) is 2. The molecule has 0 aromatic carbocycles. The summed E-state index contributed by atoms with van der Waals surface area (Å²) in [6.07, 6.45) is -4.19. The molecule has 1 atom stereocenters. The summed E-state index contributed by atoms with van der Waals surface area (Å²) in [6.45, 7) is 0.208. The van der Waals surface area contributed by atoms with Crippen molar-refractivity contribution < 1.29 is 23.0 Å². The van der Waals surface area contributed by atoms with Gasteiger partial charge in [-0.25, -0.2) is 0 Å². The van der Waals surface area contributed by atoms with E-state index in [1.54, 1.807) is 7.05 Å². The third kappa shape index (κ3) is 2.75. The Morgan fingerprint density at radius 3 is 2.64 bits per heavy atom. The molecule has 6 heteroatoms. The van der Waals surface area contributed by atoms with Crippen molar-refractivity contribution >= 4 is 6.21 Å². The van der Waals surface area contributed by atoms with E-state index >= 15 is 0 Å². The summed E-state index contributed by atoms with van der Waals surface area (Å²) < 4.78 is 38.3. The second-order valence-electron chi connectivity index (χ2n) is 2.28. The van der Waals surface area contributed by atoms with Crippen LogP contribution in [-0.4, -0.2) is 37.3 Å². The summed E-state index contributed by atoms with van der Waals surface area (Å²) >= 11 is 0. The van der Waals surface area contributed by atoms with E-state index in [9.17, 15) is 13.2 Å². The largest absolute Gasteiger partial charge is 0.523 e. The zero-order chi connectivity index (χ0) is 8.48. The van der Waals surface area contributed by atoms with Crippen LogP contribution in [0.15, 0.2) is 0 Å². The molecule has 1 rings (SSSR count). The SMILES string of the molecule is CN1CC(OC(F)(F)F)C=[NH+]1. The summed E-state index contributed by atoms with van der Waals surface area (Å²) in [5.74, 6) is 0. The highest BCUT2D eigenvalue weighted by Gasteiger charge is 2.36. The molecule has 0 bridgehead atoms. The van der Waals surface area contributed by atoms with Crippen LogP contribution in [0.25, 0.3) is 0 Å². The van der Waals surface area contributed by atoms with Crippen LogP contribution in [-0.2, 0) is 4.74 Å². The fourth-order valence-electron chi connectivity index (χ4n) is 0.829. The van der Waals surface area contributed by atoms with E-state index < -0.39 is 12.5 Å². The van der Waals surface area contributed by atoms with Gasteiger partial charge in [0.15, 0.2) is 12.3 Å². The summed E-state index contributed by atoms with van der Waals surface area (Å²) in [7, 11) is 1.64. The number of ether oxygens (including phenoxy) is 1. The second-order valence-corrected chi connectivity index (χ2v) is 2.28. The third-order valence-electron chi connectivity index (χ3n) is 1.22. The first kappa shape index (κ1) is 8.32. The standard InChI is InChI=1S/C5H7F3N2O/c1-10-3-4(2-9-10)11-5(6,7)8/h2,4H,3H2,1H3/p+1. The molecule has 1 aliphatic heterocycles. The average molecular weight is 169 g/mol. The van der Waals surface area contributed by atoms with E-state index in [1.807, 2.05) is 0 Å². The number of rotatable bonds is 1. The lowest BCUT2D eigenvalue weighted by Crippen LogP contribution is -2.76. The van der Waals surface area contributed by atoms with Crippen molar-refractivity contribution in [2.45, 2.75) is 12.5 Å². The van der Waals surface area contributed by atoms with Gasteiger partial charge >= 0.3 is 6.36 Å². The minimum atomic E-state index is -4.55. The highest BCUT2D eigenvalue weighted by Crippen LogP contribution is 2.18. The fourth-order valence-corrected chi connectivity index (χ4v) is 0.829. The van der Waals surface area contributed by atoms with Crippen LogP contribution in [0.2, 0.25) is 0 Å². The number of hydrazine groups is 1. The van der Waals surface area contributed by atoms with Crippen LogP contribution in [0, 0.1) is 0 Å². The Labute approximate surface area is 61.4 Å². The maximum atomic E-state index is 11.5. The number of alkyl halides is 3. The van der Waals surface area contributed by atoms with Gasteiger partial charge in [-0.05, 0) is 0 Å². The molecule has 64 valence electrons. The molecule has 1 aliphatic rings. The Morgan fingerprint density at radius 2 is 2.27 bits per heavy atom. The average Bonchev–Trinajstić information content (AvgIpc) is 2.10. The third-order valence-corrected chi connectivity index (χ3v) is 1.22. The molecular weight excluding hydrogens is 161 g/mol.